The summed E-state index contributed by atoms with van der Waals surface area (Å²) in [6.07, 6.45) is 5.46. The van der Waals surface area contributed by atoms with Crippen molar-refractivity contribution in [2.24, 2.45) is 4.99 Å². The van der Waals surface area contributed by atoms with E-state index in [2.05, 4.69) is 4.99 Å². The van der Waals surface area contributed by atoms with Crippen molar-refractivity contribution in [1.82, 2.24) is 4.57 Å². The number of benzene rings is 2. The molecular formula is C25H20Cl2N2O3S. The number of nitrogens with zero attached hydrogens (tertiary/aromatic N) is 2. The highest BCUT2D eigenvalue weighted by atomic mass is 35.5. The summed E-state index contributed by atoms with van der Waals surface area (Å²) in [5, 5.41) is 0.846. The summed E-state index contributed by atoms with van der Waals surface area (Å²) in [4.78, 5) is 31.3. The van der Waals surface area contributed by atoms with Gasteiger partial charge in [-0.2, -0.15) is 0 Å². The van der Waals surface area contributed by atoms with Crippen LogP contribution in [0, 0.1) is 0 Å². The molecule has 5 nitrogen and oxygen atoms in total. The lowest BCUT2D eigenvalue weighted by molar-refractivity contribution is -0.139. The van der Waals surface area contributed by atoms with Crippen LogP contribution in [-0.4, -0.2) is 17.1 Å². The van der Waals surface area contributed by atoms with Crippen LogP contribution in [0.3, 0.4) is 0 Å². The minimum atomic E-state index is -0.642. The standard InChI is InChI=1S/C25H20Cl2N2O3S/c1-3-32-24(31)22-15(2)28-25-29(20(22)12-10-16-7-5-4-6-8-16)23(30)21(33-25)14-17-9-11-18(26)19(27)13-17/h4-14,20H,3H2,1-2H3/b12-10+,21-14+. The predicted molar refractivity (Wildman–Crippen MR) is 133 cm³/mol. The van der Waals surface area contributed by atoms with Gasteiger partial charge in [-0.05, 0) is 43.2 Å². The van der Waals surface area contributed by atoms with Gasteiger partial charge in [0, 0.05) is 0 Å². The SMILES string of the molecule is CCOC(=O)C1=C(C)N=c2s/c(=C/c3ccc(Cl)c(Cl)c3)c(=O)n2C1/C=C/c1ccccc1. The lowest BCUT2D eigenvalue weighted by Gasteiger charge is -2.21. The molecule has 33 heavy (non-hydrogen) atoms. The van der Waals surface area contributed by atoms with Gasteiger partial charge in [-0.1, -0.05) is 83.1 Å². The van der Waals surface area contributed by atoms with Gasteiger partial charge in [0.25, 0.3) is 5.56 Å². The van der Waals surface area contributed by atoms with Gasteiger partial charge in [0.05, 0.1) is 38.5 Å². The van der Waals surface area contributed by atoms with Crippen LogP contribution >= 0.6 is 34.5 Å². The Morgan fingerprint density at radius 3 is 2.61 bits per heavy atom. The van der Waals surface area contributed by atoms with Gasteiger partial charge in [0.2, 0.25) is 0 Å². The Morgan fingerprint density at radius 2 is 1.91 bits per heavy atom. The molecule has 0 saturated carbocycles. The molecule has 0 aliphatic carbocycles. The number of ether oxygens (including phenoxy) is 1. The largest absolute Gasteiger partial charge is 0.463 e. The molecule has 168 valence electrons. The van der Waals surface area contributed by atoms with Crippen molar-refractivity contribution in [2.45, 2.75) is 19.9 Å². The maximum atomic E-state index is 13.4. The number of esters is 1. The van der Waals surface area contributed by atoms with Gasteiger partial charge < -0.3 is 4.74 Å². The highest BCUT2D eigenvalue weighted by Gasteiger charge is 2.30. The molecule has 1 aliphatic rings. The van der Waals surface area contributed by atoms with E-state index in [-0.39, 0.29) is 12.2 Å². The van der Waals surface area contributed by atoms with E-state index >= 15 is 0 Å². The third-order valence-electron chi connectivity index (χ3n) is 5.07. The molecule has 0 bridgehead atoms. The van der Waals surface area contributed by atoms with E-state index in [0.717, 1.165) is 11.1 Å². The highest BCUT2D eigenvalue weighted by Crippen LogP contribution is 2.27. The first-order chi connectivity index (χ1) is 15.9. The number of hydrogen-bond acceptors (Lipinski definition) is 5. The average Bonchev–Trinajstić information content (AvgIpc) is 3.09. The summed E-state index contributed by atoms with van der Waals surface area (Å²) in [5.74, 6) is -0.486. The second-order valence-electron chi connectivity index (χ2n) is 7.29. The second kappa shape index (κ2) is 9.91. The molecular weight excluding hydrogens is 479 g/mol. The van der Waals surface area contributed by atoms with Crippen LogP contribution in [0.5, 0.6) is 0 Å². The topological polar surface area (TPSA) is 60.7 Å². The molecule has 0 saturated heterocycles. The van der Waals surface area contributed by atoms with Crippen LogP contribution in [0.15, 0.2) is 75.7 Å². The Hall–Kier alpha value is -2.93. The average molecular weight is 499 g/mol. The number of allylic oxidation sites excluding steroid dienone is 2. The lowest BCUT2D eigenvalue weighted by Crippen LogP contribution is -2.38. The molecule has 4 rings (SSSR count). The van der Waals surface area contributed by atoms with Crippen LogP contribution in [0.25, 0.3) is 12.2 Å². The number of carbonyl (C=O) groups is 1. The molecule has 1 atom stereocenters. The maximum Gasteiger partial charge on any atom is 0.338 e. The zero-order valence-corrected chi connectivity index (χ0v) is 20.2. The molecule has 0 spiro atoms. The normalized spacial score (nSPS) is 16.1. The number of halogens is 2. The van der Waals surface area contributed by atoms with Crippen molar-refractivity contribution < 1.29 is 9.53 Å². The van der Waals surface area contributed by atoms with E-state index in [1.54, 1.807) is 38.1 Å². The quantitative estimate of drug-likeness (QED) is 0.476. The highest BCUT2D eigenvalue weighted by molar-refractivity contribution is 7.07. The van der Waals surface area contributed by atoms with Gasteiger partial charge in [-0.15, -0.1) is 0 Å². The number of hydrogen-bond donors (Lipinski definition) is 0. The van der Waals surface area contributed by atoms with Crippen LogP contribution < -0.4 is 14.9 Å². The second-order valence-corrected chi connectivity index (χ2v) is 9.11. The van der Waals surface area contributed by atoms with Crippen LogP contribution in [0.1, 0.15) is 31.0 Å². The monoisotopic (exact) mass is 498 g/mol. The molecule has 3 aromatic rings. The zero-order valence-electron chi connectivity index (χ0n) is 17.9. The van der Waals surface area contributed by atoms with Crippen molar-refractivity contribution in [2.75, 3.05) is 6.61 Å². The molecule has 0 amide bonds. The minimum absolute atomic E-state index is 0.229. The number of thiazole rings is 1. The Bertz CT molecular complexity index is 1450. The summed E-state index contributed by atoms with van der Waals surface area (Å²) in [6.45, 7) is 3.73. The van der Waals surface area contributed by atoms with E-state index in [1.165, 1.54) is 15.9 Å². The predicted octanol–water partition coefficient (Wildman–Crippen LogP) is 4.77. The fourth-order valence-electron chi connectivity index (χ4n) is 3.54. The maximum absolute atomic E-state index is 13.4. The Balaban J connectivity index is 1.87. The number of fused-ring (bicyclic) bond motifs is 1. The molecule has 0 radical (unpaired) electrons. The van der Waals surface area contributed by atoms with Crippen LogP contribution in [0.2, 0.25) is 10.0 Å². The van der Waals surface area contributed by atoms with Gasteiger partial charge in [-0.3, -0.25) is 9.36 Å². The molecule has 0 N–H and O–H groups in total. The Labute approximate surface area is 204 Å². The smallest absolute Gasteiger partial charge is 0.338 e. The summed E-state index contributed by atoms with van der Waals surface area (Å²) < 4.78 is 7.29. The summed E-state index contributed by atoms with van der Waals surface area (Å²) in [6, 6.07) is 14.2. The number of aromatic nitrogens is 1. The first-order valence-electron chi connectivity index (χ1n) is 10.3. The molecule has 2 heterocycles. The molecule has 2 aromatic carbocycles. The van der Waals surface area contributed by atoms with E-state index in [9.17, 15) is 9.59 Å². The summed E-state index contributed by atoms with van der Waals surface area (Å²) >= 11 is 13.4. The Morgan fingerprint density at radius 1 is 1.15 bits per heavy atom. The van der Waals surface area contributed by atoms with E-state index in [4.69, 9.17) is 27.9 Å². The van der Waals surface area contributed by atoms with Crippen molar-refractivity contribution in [3.05, 3.63) is 107 Å². The first-order valence-corrected chi connectivity index (χ1v) is 11.8. The van der Waals surface area contributed by atoms with Crippen molar-refractivity contribution in [1.29, 1.82) is 0 Å². The fourth-order valence-corrected chi connectivity index (χ4v) is 4.90. The van der Waals surface area contributed by atoms with Gasteiger partial charge in [-0.25, -0.2) is 9.79 Å². The zero-order chi connectivity index (χ0) is 23.5. The molecule has 1 aromatic heterocycles. The molecule has 0 fully saturated rings. The Kier molecular flexibility index (Phi) is 6.98. The van der Waals surface area contributed by atoms with Gasteiger partial charge >= 0.3 is 5.97 Å². The minimum Gasteiger partial charge on any atom is -0.463 e. The molecule has 1 aliphatic heterocycles. The van der Waals surface area contributed by atoms with E-state index in [1.807, 2.05) is 42.5 Å². The summed E-state index contributed by atoms with van der Waals surface area (Å²) in [7, 11) is 0. The van der Waals surface area contributed by atoms with Crippen molar-refractivity contribution in [3.8, 4) is 0 Å². The van der Waals surface area contributed by atoms with Gasteiger partial charge in [0.15, 0.2) is 4.80 Å². The fraction of sp³-hybridized carbons (Fsp3) is 0.160. The number of carbonyl (C=O) groups excluding carboxylic acids is 1. The van der Waals surface area contributed by atoms with E-state index < -0.39 is 12.0 Å². The van der Waals surface area contributed by atoms with Gasteiger partial charge in [0.1, 0.15) is 0 Å². The van der Waals surface area contributed by atoms with Crippen molar-refractivity contribution >= 4 is 52.7 Å². The van der Waals surface area contributed by atoms with Crippen LogP contribution in [-0.2, 0) is 9.53 Å². The van der Waals surface area contributed by atoms with E-state index in [0.29, 0.717) is 30.6 Å². The number of rotatable bonds is 5. The summed E-state index contributed by atoms with van der Waals surface area (Å²) in [5.41, 5.74) is 2.32. The third-order valence-corrected chi connectivity index (χ3v) is 6.79. The third kappa shape index (κ3) is 4.88. The molecule has 1 unspecified atom stereocenters. The first kappa shape index (κ1) is 23.2. The van der Waals surface area contributed by atoms with Crippen LogP contribution in [0.4, 0.5) is 0 Å². The van der Waals surface area contributed by atoms with Crippen molar-refractivity contribution in [3.63, 3.8) is 0 Å². The molecule has 8 heteroatoms. The lowest BCUT2D eigenvalue weighted by atomic mass is 10.0.